The zero-order valence-corrected chi connectivity index (χ0v) is 12.6. The molecule has 1 aliphatic carbocycles. The van der Waals surface area contributed by atoms with Gasteiger partial charge in [-0.2, -0.15) is 0 Å². The molecule has 0 saturated carbocycles. The van der Waals surface area contributed by atoms with Gasteiger partial charge in [0.15, 0.2) is 0 Å². The number of aryl methyl sites for hydroxylation is 2. The molecule has 0 spiro atoms. The third-order valence-electron chi connectivity index (χ3n) is 4.26. The number of rotatable bonds is 0. The van der Waals surface area contributed by atoms with Crippen LogP contribution in [0.15, 0.2) is 48.5 Å². The molecule has 0 atom stereocenters. The summed E-state index contributed by atoms with van der Waals surface area (Å²) in [5.74, 6) is 0. The van der Waals surface area contributed by atoms with Gasteiger partial charge in [0.1, 0.15) is 0 Å². The maximum Gasteiger partial charge on any atom is 0.0402 e. The van der Waals surface area contributed by atoms with Crippen LogP contribution in [-0.2, 0) is 12.8 Å². The highest BCUT2D eigenvalue weighted by molar-refractivity contribution is 6.08. The molecule has 21 heavy (non-hydrogen) atoms. The maximum absolute atomic E-state index is 7.57. The van der Waals surface area contributed by atoms with E-state index in [9.17, 15) is 0 Å². The second kappa shape index (κ2) is 6.28. The SMILES string of the molecule is CCO.c1ccc2c(c1)ccc1c3c(ccc12)CCCC3. The predicted molar refractivity (Wildman–Crippen MR) is 90.9 cm³/mol. The summed E-state index contributed by atoms with van der Waals surface area (Å²) in [6.45, 7) is 1.93. The highest BCUT2D eigenvalue weighted by Crippen LogP contribution is 2.32. The largest absolute Gasteiger partial charge is 0.397 e. The Labute approximate surface area is 126 Å². The second-order valence-corrected chi connectivity index (χ2v) is 5.61. The minimum absolute atomic E-state index is 0.250. The van der Waals surface area contributed by atoms with Crippen LogP contribution in [0.2, 0.25) is 0 Å². The van der Waals surface area contributed by atoms with Crippen LogP contribution in [0, 0.1) is 0 Å². The van der Waals surface area contributed by atoms with Crippen LogP contribution >= 0.6 is 0 Å². The van der Waals surface area contributed by atoms with Gasteiger partial charge in [-0.15, -0.1) is 0 Å². The monoisotopic (exact) mass is 278 g/mol. The van der Waals surface area contributed by atoms with Crippen molar-refractivity contribution in [2.45, 2.75) is 32.6 Å². The fraction of sp³-hybridized carbons (Fsp3) is 0.300. The Hall–Kier alpha value is -1.86. The highest BCUT2D eigenvalue weighted by atomic mass is 16.2. The summed E-state index contributed by atoms with van der Waals surface area (Å²) in [6.07, 6.45) is 5.22. The smallest absolute Gasteiger partial charge is 0.0402 e. The van der Waals surface area contributed by atoms with Crippen molar-refractivity contribution >= 4 is 21.5 Å². The van der Waals surface area contributed by atoms with Gasteiger partial charge in [0.05, 0.1) is 0 Å². The molecule has 0 bridgehead atoms. The zero-order valence-electron chi connectivity index (χ0n) is 12.6. The van der Waals surface area contributed by atoms with Gasteiger partial charge in [0.25, 0.3) is 0 Å². The molecular formula is C20H22O. The maximum atomic E-state index is 7.57. The highest BCUT2D eigenvalue weighted by Gasteiger charge is 2.12. The first-order valence-corrected chi connectivity index (χ1v) is 7.88. The van der Waals surface area contributed by atoms with Gasteiger partial charge in [-0.25, -0.2) is 0 Å². The van der Waals surface area contributed by atoms with E-state index in [0.29, 0.717) is 0 Å². The summed E-state index contributed by atoms with van der Waals surface area (Å²) in [6, 6.07) is 18.0. The van der Waals surface area contributed by atoms with Gasteiger partial charge < -0.3 is 5.11 Å². The zero-order chi connectivity index (χ0) is 14.7. The second-order valence-electron chi connectivity index (χ2n) is 5.61. The summed E-state index contributed by atoms with van der Waals surface area (Å²) in [7, 11) is 0. The Bertz CT molecular complexity index is 758. The van der Waals surface area contributed by atoms with Crippen LogP contribution in [0.3, 0.4) is 0 Å². The number of fused-ring (bicyclic) bond motifs is 5. The molecule has 3 aromatic rings. The van der Waals surface area contributed by atoms with Crippen molar-refractivity contribution in [3.8, 4) is 0 Å². The molecule has 108 valence electrons. The molecule has 0 aromatic heterocycles. The van der Waals surface area contributed by atoms with Gasteiger partial charge in [-0.05, 0) is 65.3 Å². The molecule has 1 N–H and O–H groups in total. The van der Waals surface area contributed by atoms with Crippen molar-refractivity contribution in [1.82, 2.24) is 0 Å². The van der Waals surface area contributed by atoms with Gasteiger partial charge >= 0.3 is 0 Å². The third-order valence-corrected chi connectivity index (χ3v) is 4.26. The summed E-state index contributed by atoms with van der Waals surface area (Å²) in [5, 5.41) is 13.2. The molecule has 0 unspecified atom stereocenters. The van der Waals surface area contributed by atoms with Crippen molar-refractivity contribution in [1.29, 1.82) is 0 Å². The third kappa shape index (κ3) is 2.66. The average Bonchev–Trinajstić information content (AvgIpc) is 2.55. The number of hydrogen-bond donors (Lipinski definition) is 1. The lowest BCUT2D eigenvalue weighted by Crippen LogP contribution is -2.02. The molecule has 1 aliphatic rings. The molecule has 0 amide bonds. The van der Waals surface area contributed by atoms with Crippen molar-refractivity contribution in [2.75, 3.05) is 6.61 Å². The Morgan fingerprint density at radius 3 is 2.38 bits per heavy atom. The van der Waals surface area contributed by atoms with E-state index in [1.807, 2.05) is 0 Å². The molecule has 1 heteroatoms. The molecule has 3 aromatic carbocycles. The fourth-order valence-electron chi connectivity index (χ4n) is 3.34. The van der Waals surface area contributed by atoms with E-state index in [0.717, 1.165) is 0 Å². The van der Waals surface area contributed by atoms with Gasteiger partial charge in [-0.3, -0.25) is 0 Å². The summed E-state index contributed by atoms with van der Waals surface area (Å²) in [5.41, 5.74) is 3.17. The van der Waals surface area contributed by atoms with Crippen LogP contribution in [0.25, 0.3) is 21.5 Å². The average molecular weight is 278 g/mol. The number of aliphatic hydroxyl groups excluding tert-OH is 1. The topological polar surface area (TPSA) is 20.2 Å². The quantitative estimate of drug-likeness (QED) is 0.582. The Morgan fingerprint density at radius 2 is 1.52 bits per heavy atom. The van der Waals surface area contributed by atoms with Crippen molar-refractivity contribution in [3.05, 3.63) is 59.7 Å². The van der Waals surface area contributed by atoms with Crippen LogP contribution < -0.4 is 0 Å². The van der Waals surface area contributed by atoms with Crippen molar-refractivity contribution in [3.63, 3.8) is 0 Å². The van der Waals surface area contributed by atoms with E-state index >= 15 is 0 Å². The molecule has 1 nitrogen and oxygen atoms in total. The molecule has 0 aliphatic heterocycles. The Balaban J connectivity index is 0.000000409. The van der Waals surface area contributed by atoms with Crippen LogP contribution in [-0.4, -0.2) is 11.7 Å². The van der Waals surface area contributed by atoms with E-state index in [-0.39, 0.29) is 6.61 Å². The standard InChI is InChI=1S/C18H16.C2H6O/c1-3-7-15-13(5-1)9-11-18-16-8-4-2-6-14(16)10-12-17(15)18;1-2-3/h1,3,5,7,9-12H,2,4,6,8H2;3H,2H2,1H3. The Kier molecular flexibility index (Phi) is 4.21. The van der Waals surface area contributed by atoms with E-state index in [2.05, 4.69) is 48.5 Å². The molecule has 0 saturated heterocycles. The predicted octanol–water partition coefficient (Wildman–Crippen LogP) is 4.87. The van der Waals surface area contributed by atoms with Crippen molar-refractivity contribution < 1.29 is 5.11 Å². The van der Waals surface area contributed by atoms with E-state index in [1.54, 1.807) is 18.1 Å². The summed E-state index contributed by atoms with van der Waals surface area (Å²) < 4.78 is 0. The molecular weight excluding hydrogens is 256 g/mol. The lowest BCUT2D eigenvalue weighted by Gasteiger charge is -2.18. The van der Waals surface area contributed by atoms with Gasteiger partial charge in [0.2, 0.25) is 0 Å². The van der Waals surface area contributed by atoms with Crippen LogP contribution in [0.1, 0.15) is 30.9 Å². The Morgan fingerprint density at radius 1 is 0.810 bits per heavy atom. The van der Waals surface area contributed by atoms with E-state index in [1.165, 1.54) is 47.2 Å². The minimum atomic E-state index is 0.250. The van der Waals surface area contributed by atoms with Crippen LogP contribution in [0.4, 0.5) is 0 Å². The molecule has 0 heterocycles. The molecule has 0 fully saturated rings. The van der Waals surface area contributed by atoms with Crippen molar-refractivity contribution in [2.24, 2.45) is 0 Å². The first-order valence-electron chi connectivity index (χ1n) is 7.88. The minimum Gasteiger partial charge on any atom is -0.397 e. The molecule has 4 rings (SSSR count). The first-order chi connectivity index (χ1) is 10.3. The van der Waals surface area contributed by atoms with Gasteiger partial charge in [0, 0.05) is 6.61 Å². The number of benzene rings is 3. The molecule has 0 radical (unpaired) electrons. The fourth-order valence-corrected chi connectivity index (χ4v) is 3.34. The normalized spacial score (nSPS) is 13.6. The first kappa shape index (κ1) is 14.1. The van der Waals surface area contributed by atoms with E-state index < -0.39 is 0 Å². The summed E-state index contributed by atoms with van der Waals surface area (Å²) in [4.78, 5) is 0. The van der Waals surface area contributed by atoms with E-state index in [4.69, 9.17) is 5.11 Å². The van der Waals surface area contributed by atoms with Crippen LogP contribution in [0.5, 0.6) is 0 Å². The lowest BCUT2D eigenvalue weighted by molar-refractivity contribution is 0.318. The number of hydrogen-bond acceptors (Lipinski definition) is 1. The summed E-state index contributed by atoms with van der Waals surface area (Å²) >= 11 is 0. The van der Waals surface area contributed by atoms with Gasteiger partial charge in [-0.1, -0.05) is 48.5 Å². The lowest BCUT2D eigenvalue weighted by atomic mass is 9.86. The number of aliphatic hydroxyl groups is 1.